The largest absolute Gasteiger partial charge is 0.316 e. The van der Waals surface area contributed by atoms with Crippen molar-refractivity contribution in [3.63, 3.8) is 0 Å². The molecular weight excluding hydrogens is 196 g/mol. The van der Waals surface area contributed by atoms with Gasteiger partial charge in [0.2, 0.25) is 0 Å². The molecule has 2 nitrogen and oxygen atoms in total. The summed E-state index contributed by atoms with van der Waals surface area (Å²) in [5, 5.41) is 7.17. The van der Waals surface area contributed by atoms with Gasteiger partial charge in [0, 0.05) is 6.04 Å². The van der Waals surface area contributed by atoms with E-state index in [4.69, 9.17) is 0 Å². The number of hydrogen-bond donors (Lipinski definition) is 2. The van der Waals surface area contributed by atoms with Crippen molar-refractivity contribution in [3.05, 3.63) is 0 Å². The number of hydrogen-bond acceptors (Lipinski definition) is 2. The van der Waals surface area contributed by atoms with Crippen LogP contribution in [0.1, 0.15) is 47.0 Å². The van der Waals surface area contributed by atoms with Crippen molar-refractivity contribution in [2.24, 2.45) is 16.7 Å². The van der Waals surface area contributed by atoms with Gasteiger partial charge >= 0.3 is 0 Å². The van der Waals surface area contributed by atoms with E-state index >= 15 is 0 Å². The third kappa shape index (κ3) is 2.43. The molecule has 0 amide bonds. The Labute approximate surface area is 101 Å². The third-order valence-electron chi connectivity index (χ3n) is 5.21. The van der Waals surface area contributed by atoms with E-state index in [1.165, 1.54) is 38.9 Å². The highest BCUT2D eigenvalue weighted by molar-refractivity contribution is 5.12. The maximum absolute atomic E-state index is 3.61. The smallest absolute Gasteiger partial charge is 0.00682 e. The van der Waals surface area contributed by atoms with Crippen LogP contribution in [0.15, 0.2) is 0 Å². The van der Waals surface area contributed by atoms with Gasteiger partial charge in [0.15, 0.2) is 0 Å². The van der Waals surface area contributed by atoms with Gasteiger partial charge in [-0.25, -0.2) is 0 Å². The Kier molecular flexibility index (Phi) is 3.33. The van der Waals surface area contributed by atoms with Crippen molar-refractivity contribution in [3.8, 4) is 0 Å². The minimum Gasteiger partial charge on any atom is -0.316 e. The van der Waals surface area contributed by atoms with E-state index in [0.717, 1.165) is 12.0 Å². The summed E-state index contributed by atoms with van der Waals surface area (Å²) in [6.45, 7) is 13.1. The van der Waals surface area contributed by atoms with Crippen LogP contribution in [0.3, 0.4) is 0 Å². The zero-order chi connectivity index (χ0) is 11.8. The zero-order valence-corrected chi connectivity index (χ0v) is 11.4. The Bertz CT molecular complexity index is 227. The van der Waals surface area contributed by atoms with Gasteiger partial charge in [-0.2, -0.15) is 0 Å². The van der Waals surface area contributed by atoms with Gasteiger partial charge in [0.25, 0.3) is 0 Å². The summed E-state index contributed by atoms with van der Waals surface area (Å²) in [7, 11) is 0. The van der Waals surface area contributed by atoms with E-state index in [1.54, 1.807) is 0 Å². The van der Waals surface area contributed by atoms with E-state index in [-0.39, 0.29) is 0 Å². The minimum atomic E-state index is 0.534. The molecular formula is C14H28N2. The molecule has 0 atom stereocenters. The molecule has 0 aromatic heterocycles. The average Bonchev–Trinajstić information content (AvgIpc) is 3.05. The normalized spacial score (nSPS) is 27.0. The summed E-state index contributed by atoms with van der Waals surface area (Å²) in [6.07, 6.45) is 4.07. The summed E-state index contributed by atoms with van der Waals surface area (Å²) < 4.78 is 0. The minimum absolute atomic E-state index is 0.534. The van der Waals surface area contributed by atoms with E-state index < -0.39 is 0 Å². The van der Waals surface area contributed by atoms with Crippen LogP contribution in [-0.2, 0) is 0 Å². The maximum atomic E-state index is 3.61. The molecule has 2 saturated carbocycles. The van der Waals surface area contributed by atoms with Crippen LogP contribution in [0.5, 0.6) is 0 Å². The van der Waals surface area contributed by atoms with Crippen molar-refractivity contribution in [2.45, 2.75) is 53.0 Å². The Balaban J connectivity index is 1.49. The van der Waals surface area contributed by atoms with Gasteiger partial charge in [-0.1, -0.05) is 27.7 Å². The molecule has 0 aliphatic heterocycles. The predicted molar refractivity (Wildman–Crippen MR) is 69.6 cm³/mol. The third-order valence-corrected chi connectivity index (χ3v) is 5.21. The summed E-state index contributed by atoms with van der Waals surface area (Å²) in [6, 6.07) is 0.862. The second-order valence-electron chi connectivity index (χ2n) is 6.78. The Morgan fingerprint density at radius 1 is 1.00 bits per heavy atom. The lowest BCUT2D eigenvalue weighted by Gasteiger charge is -2.06. The standard InChI is InChI=1S/C14H28N2/c1-13(2)12(14(13,3)4)10-15-8-5-9-16-11-6-7-11/h11-12,15-16H,5-10H2,1-4H3. The van der Waals surface area contributed by atoms with Crippen LogP contribution in [0.25, 0.3) is 0 Å². The molecule has 2 N–H and O–H groups in total. The highest BCUT2D eigenvalue weighted by Gasteiger charge is 2.63. The summed E-state index contributed by atoms with van der Waals surface area (Å²) >= 11 is 0. The van der Waals surface area contributed by atoms with Crippen molar-refractivity contribution in [1.82, 2.24) is 10.6 Å². The molecule has 0 radical (unpaired) electrons. The second kappa shape index (κ2) is 4.30. The molecule has 0 unspecified atom stereocenters. The Morgan fingerprint density at radius 2 is 1.62 bits per heavy atom. The molecule has 0 spiro atoms. The van der Waals surface area contributed by atoms with Gasteiger partial charge in [0.1, 0.15) is 0 Å². The van der Waals surface area contributed by atoms with Crippen molar-refractivity contribution >= 4 is 0 Å². The Hall–Kier alpha value is -0.0800. The van der Waals surface area contributed by atoms with Gasteiger partial charge < -0.3 is 10.6 Å². The van der Waals surface area contributed by atoms with Crippen LogP contribution in [0, 0.1) is 16.7 Å². The average molecular weight is 224 g/mol. The Morgan fingerprint density at radius 3 is 2.12 bits per heavy atom. The first-order valence-electron chi connectivity index (χ1n) is 6.90. The fourth-order valence-electron chi connectivity index (χ4n) is 2.90. The molecule has 2 fully saturated rings. The van der Waals surface area contributed by atoms with E-state index in [2.05, 4.69) is 38.3 Å². The molecule has 0 saturated heterocycles. The number of nitrogens with one attached hydrogen (secondary N) is 2. The topological polar surface area (TPSA) is 24.1 Å². The maximum Gasteiger partial charge on any atom is 0.00682 e. The van der Waals surface area contributed by atoms with Crippen LogP contribution in [-0.4, -0.2) is 25.7 Å². The first kappa shape index (κ1) is 12.4. The number of rotatable bonds is 7. The molecule has 94 valence electrons. The van der Waals surface area contributed by atoms with Gasteiger partial charge in [-0.3, -0.25) is 0 Å². The predicted octanol–water partition coefficient (Wildman–Crippen LogP) is 2.40. The first-order chi connectivity index (χ1) is 7.46. The fourth-order valence-corrected chi connectivity index (χ4v) is 2.90. The van der Waals surface area contributed by atoms with Gasteiger partial charge in [0.05, 0.1) is 0 Å². The molecule has 0 bridgehead atoms. The van der Waals surface area contributed by atoms with Crippen LogP contribution < -0.4 is 10.6 Å². The van der Waals surface area contributed by atoms with Crippen molar-refractivity contribution in [2.75, 3.05) is 19.6 Å². The van der Waals surface area contributed by atoms with Gasteiger partial charge in [-0.05, 0) is 55.6 Å². The lowest BCUT2D eigenvalue weighted by Crippen LogP contribution is -2.25. The van der Waals surface area contributed by atoms with Crippen molar-refractivity contribution in [1.29, 1.82) is 0 Å². The molecule has 2 aliphatic carbocycles. The SMILES string of the molecule is CC1(C)C(CNCCCNC2CC2)C1(C)C. The van der Waals surface area contributed by atoms with Crippen LogP contribution in [0.4, 0.5) is 0 Å². The second-order valence-corrected chi connectivity index (χ2v) is 6.78. The van der Waals surface area contributed by atoms with E-state index in [9.17, 15) is 0 Å². The lowest BCUT2D eigenvalue weighted by atomic mass is 10.0. The fraction of sp³-hybridized carbons (Fsp3) is 1.00. The summed E-state index contributed by atoms with van der Waals surface area (Å²) in [5.41, 5.74) is 1.07. The monoisotopic (exact) mass is 224 g/mol. The van der Waals surface area contributed by atoms with Crippen molar-refractivity contribution < 1.29 is 0 Å². The highest BCUT2D eigenvalue weighted by atomic mass is 15.0. The van der Waals surface area contributed by atoms with Crippen LogP contribution in [0.2, 0.25) is 0 Å². The molecule has 0 aromatic carbocycles. The highest BCUT2D eigenvalue weighted by Crippen LogP contribution is 2.67. The van der Waals surface area contributed by atoms with Gasteiger partial charge in [-0.15, -0.1) is 0 Å². The first-order valence-corrected chi connectivity index (χ1v) is 6.90. The van der Waals surface area contributed by atoms with Crippen LogP contribution >= 0.6 is 0 Å². The molecule has 2 heteroatoms. The summed E-state index contributed by atoms with van der Waals surface area (Å²) in [4.78, 5) is 0. The molecule has 16 heavy (non-hydrogen) atoms. The zero-order valence-electron chi connectivity index (χ0n) is 11.4. The lowest BCUT2D eigenvalue weighted by molar-refractivity contribution is 0.457. The molecule has 0 aromatic rings. The summed E-state index contributed by atoms with van der Waals surface area (Å²) in [5.74, 6) is 0.858. The van der Waals surface area contributed by atoms with E-state index in [1.807, 2.05) is 0 Å². The molecule has 2 rings (SSSR count). The quantitative estimate of drug-likeness (QED) is 0.649. The molecule has 2 aliphatic rings. The van der Waals surface area contributed by atoms with E-state index in [0.29, 0.717) is 10.8 Å². The molecule has 0 heterocycles.